The Morgan fingerprint density at radius 1 is 0.962 bits per heavy atom. The van der Waals surface area contributed by atoms with Crippen LogP contribution in [-0.4, -0.2) is 27.3 Å². The number of carbonyl (C=O) groups excluding carboxylic acids is 1. The average molecular weight is 356 g/mol. The van der Waals surface area contributed by atoms with Gasteiger partial charge in [0.2, 0.25) is 5.75 Å². The number of hydrogen-bond acceptors (Lipinski definition) is 5. The zero-order valence-electron chi connectivity index (χ0n) is 15.7. The molecule has 26 heavy (non-hydrogen) atoms. The van der Waals surface area contributed by atoms with Crippen molar-refractivity contribution < 1.29 is 23.7 Å². The highest BCUT2D eigenvalue weighted by Gasteiger charge is 2.13. The van der Waals surface area contributed by atoms with Crippen molar-refractivity contribution in [1.29, 1.82) is 0 Å². The minimum atomic E-state index is -0.424. The number of aryl methyl sites for hydroxylation is 1. The van der Waals surface area contributed by atoms with Crippen LogP contribution in [0.15, 0.2) is 42.5 Å². The van der Waals surface area contributed by atoms with Crippen LogP contribution >= 0.6 is 0 Å². The molecule has 0 aliphatic rings. The van der Waals surface area contributed by atoms with Gasteiger partial charge in [-0.1, -0.05) is 29.8 Å². The number of methoxy groups -OCH3 is 3. The molecule has 0 heterocycles. The summed E-state index contributed by atoms with van der Waals surface area (Å²) in [4.78, 5) is 12.1. The number of ether oxygens (including phenoxy) is 4. The van der Waals surface area contributed by atoms with E-state index in [0.717, 1.165) is 16.7 Å². The van der Waals surface area contributed by atoms with E-state index in [-0.39, 0.29) is 6.10 Å². The molecule has 1 atom stereocenters. The Kier molecular flexibility index (Phi) is 6.67. The predicted octanol–water partition coefficient (Wildman–Crippen LogP) is 4.34. The summed E-state index contributed by atoms with van der Waals surface area (Å²) >= 11 is 0. The van der Waals surface area contributed by atoms with Crippen molar-refractivity contribution in [2.75, 3.05) is 21.3 Å². The maximum atomic E-state index is 12.1. The van der Waals surface area contributed by atoms with E-state index >= 15 is 0 Å². The lowest BCUT2D eigenvalue weighted by molar-refractivity contribution is -0.142. The van der Waals surface area contributed by atoms with Gasteiger partial charge in [0.25, 0.3) is 0 Å². The van der Waals surface area contributed by atoms with Crippen molar-refractivity contribution in [3.05, 3.63) is 59.2 Å². The van der Waals surface area contributed by atoms with E-state index in [1.807, 2.05) is 38.1 Å². The smallest absolute Gasteiger partial charge is 0.331 e. The maximum Gasteiger partial charge on any atom is 0.331 e. The van der Waals surface area contributed by atoms with E-state index in [1.54, 1.807) is 39.5 Å². The van der Waals surface area contributed by atoms with Crippen molar-refractivity contribution in [3.63, 3.8) is 0 Å². The van der Waals surface area contributed by atoms with Crippen molar-refractivity contribution in [1.82, 2.24) is 0 Å². The SMILES string of the molecule is COc1cc(/C=C/C(=O)O[C@@H](C)c2ccc(C)cc2)cc(OC)c1OC. The van der Waals surface area contributed by atoms with Crippen molar-refractivity contribution in [3.8, 4) is 17.2 Å². The molecule has 138 valence electrons. The second-order valence-corrected chi connectivity index (χ2v) is 5.78. The summed E-state index contributed by atoms with van der Waals surface area (Å²) in [5.74, 6) is 1.12. The lowest BCUT2D eigenvalue weighted by Gasteiger charge is -2.13. The summed E-state index contributed by atoms with van der Waals surface area (Å²) in [6, 6.07) is 11.4. The van der Waals surface area contributed by atoms with E-state index in [2.05, 4.69) is 0 Å². The Bertz CT molecular complexity index is 752. The zero-order chi connectivity index (χ0) is 19.1. The number of benzene rings is 2. The maximum absolute atomic E-state index is 12.1. The van der Waals surface area contributed by atoms with Crippen molar-refractivity contribution in [2.24, 2.45) is 0 Å². The molecule has 0 spiro atoms. The minimum absolute atomic E-state index is 0.326. The van der Waals surface area contributed by atoms with Crippen LogP contribution in [0.3, 0.4) is 0 Å². The van der Waals surface area contributed by atoms with Crippen LogP contribution in [0.25, 0.3) is 6.08 Å². The number of esters is 1. The van der Waals surface area contributed by atoms with E-state index in [0.29, 0.717) is 17.2 Å². The quantitative estimate of drug-likeness (QED) is 0.546. The molecule has 2 aromatic rings. The molecule has 0 aromatic heterocycles. The van der Waals surface area contributed by atoms with Gasteiger partial charge in [0.1, 0.15) is 6.10 Å². The van der Waals surface area contributed by atoms with Gasteiger partial charge >= 0.3 is 5.97 Å². The van der Waals surface area contributed by atoms with Gasteiger partial charge in [0.15, 0.2) is 11.5 Å². The van der Waals surface area contributed by atoms with Crippen molar-refractivity contribution in [2.45, 2.75) is 20.0 Å². The lowest BCUT2D eigenvalue weighted by Crippen LogP contribution is -2.06. The van der Waals surface area contributed by atoms with Gasteiger partial charge in [-0.15, -0.1) is 0 Å². The average Bonchev–Trinajstić information content (AvgIpc) is 2.65. The molecule has 0 saturated carbocycles. The first-order valence-corrected chi connectivity index (χ1v) is 8.23. The summed E-state index contributed by atoms with van der Waals surface area (Å²) in [7, 11) is 4.63. The fourth-order valence-corrected chi connectivity index (χ4v) is 2.48. The molecule has 2 aromatic carbocycles. The Morgan fingerprint density at radius 2 is 1.54 bits per heavy atom. The van der Waals surface area contributed by atoms with Crippen LogP contribution < -0.4 is 14.2 Å². The molecule has 2 rings (SSSR count). The molecule has 0 N–H and O–H groups in total. The largest absolute Gasteiger partial charge is 0.493 e. The van der Waals surface area contributed by atoms with Gasteiger partial charge in [-0.25, -0.2) is 4.79 Å². The zero-order valence-corrected chi connectivity index (χ0v) is 15.7. The van der Waals surface area contributed by atoms with Gasteiger partial charge in [-0.2, -0.15) is 0 Å². The Hall–Kier alpha value is -2.95. The van der Waals surface area contributed by atoms with E-state index in [9.17, 15) is 4.79 Å². The number of rotatable bonds is 7. The molecule has 0 aliphatic carbocycles. The van der Waals surface area contributed by atoms with Crippen LogP contribution in [0.2, 0.25) is 0 Å². The van der Waals surface area contributed by atoms with E-state index < -0.39 is 5.97 Å². The number of carbonyl (C=O) groups is 1. The van der Waals surface area contributed by atoms with Crippen LogP contribution in [0, 0.1) is 6.92 Å². The fraction of sp³-hybridized carbons (Fsp3) is 0.286. The highest BCUT2D eigenvalue weighted by atomic mass is 16.5. The van der Waals surface area contributed by atoms with Crippen LogP contribution in [-0.2, 0) is 9.53 Å². The topological polar surface area (TPSA) is 54.0 Å². The van der Waals surface area contributed by atoms with Gasteiger partial charge < -0.3 is 18.9 Å². The monoisotopic (exact) mass is 356 g/mol. The molecule has 0 unspecified atom stereocenters. The first-order chi connectivity index (χ1) is 12.5. The highest BCUT2D eigenvalue weighted by molar-refractivity contribution is 5.87. The Balaban J connectivity index is 2.11. The standard InChI is InChI=1S/C21H24O5/c1-14-6-9-17(10-7-14)15(2)26-20(22)11-8-16-12-18(23-3)21(25-5)19(13-16)24-4/h6-13,15H,1-5H3/b11-8+/t15-/m0/s1. The van der Waals surface area contributed by atoms with Gasteiger partial charge in [-0.05, 0) is 43.2 Å². The Labute approximate surface area is 154 Å². The van der Waals surface area contributed by atoms with Gasteiger partial charge in [0, 0.05) is 6.08 Å². The first kappa shape index (κ1) is 19.4. The predicted molar refractivity (Wildman–Crippen MR) is 101 cm³/mol. The third-order valence-corrected chi connectivity index (χ3v) is 3.94. The molecule has 0 fully saturated rings. The van der Waals surface area contributed by atoms with Crippen molar-refractivity contribution >= 4 is 12.0 Å². The third kappa shape index (κ3) is 4.79. The summed E-state index contributed by atoms with van der Waals surface area (Å²) < 4.78 is 21.3. The molecule has 0 aliphatic heterocycles. The Morgan fingerprint density at radius 3 is 2.04 bits per heavy atom. The summed E-state index contributed by atoms with van der Waals surface area (Å²) in [5, 5.41) is 0. The minimum Gasteiger partial charge on any atom is -0.493 e. The van der Waals surface area contributed by atoms with Gasteiger partial charge in [-0.3, -0.25) is 0 Å². The van der Waals surface area contributed by atoms with Crippen LogP contribution in [0.4, 0.5) is 0 Å². The molecule has 5 heteroatoms. The van der Waals surface area contributed by atoms with Crippen LogP contribution in [0.1, 0.15) is 29.7 Å². The lowest BCUT2D eigenvalue weighted by atomic mass is 10.1. The summed E-state index contributed by atoms with van der Waals surface area (Å²) in [6.45, 7) is 3.86. The van der Waals surface area contributed by atoms with E-state index in [4.69, 9.17) is 18.9 Å². The third-order valence-electron chi connectivity index (χ3n) is 3.94. The number of hydrogen-bond donors (Lipinski definition) is 0. The molecular formula is C21H24O5. The second-order valence-electron chi connectivity index (χ2n) is 5.78. The molecule has 0 saturated heterocycles. The molecule has 5 nitrogen and oxygen atoms in total. The second kappa shape index (κ2) is 8.94. The molecule has 0 amide bonds. The van der Waals surface area contributed by atoms with E-state index in [1.165, 1.54) is 6.08 Å². The fourth-order valence-electron chi connectivity index (χ4n) is 2.48. The van der Waals surface area contributed by atoms with Crippen LogP contribution in [0.5, 0.6) is 17.2 Å². The highest BCUT2D eigenvalue weighted by Crippen LogP contribution is 2.38. The summed E-state index contributed by atoms with van der Waals surface area (Å²) in [5.41, 5.74) is 2.85. The normalized spacial score (nSPS) is 11.9. The first-order valence-electron chi connectivity index (χ1n) is 8.23. The summed E-state index contributed by atoms with van der Waals surface area (Å²) in [6.07, 6.45) is 2.70. The molecular weight excluding hydrogens is 332 g/mol. The molecule has 0 radical (unpaired) electrons. The van der Waals surface area contributed by atoms with Gasteiger partial charge in [0.05, 0.1) is 21.3 Å². The molecule has 0 bridgehead atoms.